The summed E-state index contributed by atoms with van der Waals surface area (Å²) < 4.78 is 1.84. The Balaban J connectivity index is 2.24. The van der Waals surface area contributed by atoms with Crippen molar-refractivity contribution in [1.82, 2.24) is 19.7 Å². The van der Waals surface area contributed by atoms with Crippen LogP contribution in [0.2, 0.25) is 0 Å². The summed E-state index contributed by atoms with van der Waals surface area (Å²) in [7, 11) is 0. The highest BCUT2D eigenvalue weighted by atomic mass is 16.1. The minimum absolute atomic E-state index is 0.0231. The second-order valence-corrected chi connectivity index (χ2v) is 7.39. The van der Waals surface area contributed by atoms with E-state index in [2.05, 4.69) is 35.2 Å². The lowest BCUT2D eigenvalue weighted by atomic mass is 10.1. The Morgan fingerprint density at radius 1 is 1.16 bits per heavy atom. The van der Waals surface area contributed by atoms with Crippen molar-refractivity contribution in [2.45, 2.75) is 46.6 Å². The van der Waals surface area contributed by atoms with E-state index in [1.807, 2.05) is 38.4 Å². The van der Waals surface area contributed by atoms with Gasteiger partial charge < -0.3 is 5.73 Å². The smallest absolute Gasteiger partial charge is 0.225 e. The average Bonchev–Trinajstić information content (AvgIpc) is 2.90. The first-order valence-corrected chi connectivity index (χ1v) is 8.28. The Labute approximate surface area is 147 Å². The molecule has 0 atom stereocenters. The molecule has 0 aliphatic rings. The van der Waals surface area contributed by atoms with Gasteiger partial charge in [-0.25, -0.2) is 9.67 Å². The van der Waals surface area contributed by atoms with Crippen molar-refractivity contribution in [2.24, 2.45) is 5.73 Å². The molecule has 0 unspecified atom stereocenters. The van der Waals surface area contributed by atoms with E-state index >= 15 is 0 Å². The van der Waals surface area contributed by atoms with Gasteiger partial charge in [-0.1, -0.05) is 11.6 Å². The number of benzene rings is 1. The summed E-state index contributed by atoms with van der Waals surface area (Å²) in [5, 5.41) is 5.57. The number of hydrogen-bond donors (Lipinski definition) is 1. The minimum atomic E-state index is -0.443. The quantitative estimate of drug-likeness (QED) is 0.796. The summed E-state index contributed by atoms with van der Waals surface area (Å²) in [5.41, 5.74) is 8.94. The van der Waals surface area contributed by atoms with E-state index < -0.39 is 5.91 Å². The van der Waals surface area contributed by atoms with E-state index in [1.54, 1.807) is 0 Å². The molecule has 1 amide bonds. The van der Waals surface area contributed by atoms with Crippen molar-refractivity contribution < 1.29 is 4.79 Å². The van der Waals surface area contributed by atoms with Crippen LogP contribution in [0.15, 0.2) is 24.3 Å². The van der Waals surface area contributed by atoms with Crippen LogP contribution >= 0.6 is 0 Å². The standard InChI is InChI=1S/C19H23N5O/c1-11-6-7-15-13(8-11)9-14(12(2)21-15)18-22-17(10-16(20)25)23-24(18)19(3,4)5/h6-9H,10H2,1-5H3,(H2,20,25). The van der Waals surface area contributed by atoms with Crippen LogP contribution in [0.5, 0.6) is 0 Å². The third kappa shape index (κ3) is 3.38. The Morgan fingerprint density at radius 3 is 2.52 bits per heavy atom. The molecule has 0 radical (unpaired) electrons. The number of carbonyl (C=O) groups is 1. The van der Waals surface area contributed by atoms with Gasteiger partial charge in [0.25, 0.3) is 0 Å². The summed E-state index contributed by atoms with van der Waals surface area (Å²) in [5.74, 6) is 0.694. The first-order chi connectivity index (χ1) is 11.6. The third-order valence-corrected chi connectivity index (χ3v) is 4.02. The number of rotatable bonds is 3. The van der Waals surface area contributed by atoms with E-state index in [0.29, 0.717) is 11.6 Å². The predicted molar refractivity (Wildman–Crippen MR) is 98.1 cm³/mol. The fraction of sp³-hybridized carbons (Fsp3) is 0.368. The molecule has 0 aliphatic heterocycles. The number of carbonyl (C=O) groups excluding carboxylic acids is 1. The van der Waals surface area contributed by atoms with Crippen molar-refractivity contribution in [3.05, 3.63) is 41.3 Å². The van der Waals surface area contributed by atoms with Crippen molar-refractivity contribution in [1.29, 1.82) is 0 Å². The lowest BCUT2D eigenvalue weighted by Gasteiger charge is -2.21. The summed E-state index contributed by atoms with van der Waals surface area (Å²) in [6.45, 7) is 10.2. The number of amides is 1. The topological polar surface area (TPSA) is 86.7 Å². The number of primary amides is 1. The van der Waals surface area contributed by atoms with Gasteiger partial charge in [-0.15, -0.1) is 0 Å². The molecule has 0 bridgehead atoms. The largest absolute Gasteiger partial charge is 0.369 e. The fourth-order valence-electron chi connectivity index (χ4n) is 2.85. The zero-order valence-electron chi connectivity index (χ0n) is 15.3. The molecule has 3 aromatic rings. The third-order valence-electron chi connectivity index (χ3n) is 4.02. The molecule has 2 heterocycles. The van der Waals surface area contributed by atoms with Crippen molar-refractivity contribution >= 4 is 16.8 Å². The van der Waals surface area contributed by atoms with Gasteiger partial charge >= 0.3 is 0 Å². The van der Waals surface area contributed by atoms with Gasteiger partial charge in [-0.05, 0) is 52.8 Å². The zero-order valence-corrected chi connectivity index (χ0v) is 15.3. The lowest BCUT2D eigenvalue weighted by molar-refractivity contribution is -0.117. The molecule has 25 heavy (non-hydrogen) atoms. The SMILES string of the molecule is Cc1ccc2nc(C)c(-c3nc(CC(N)=O)nn3C(C)(C)C)cc2c1. The maximum absolute atomic E-state index is 11.3. The highest BCUT2D eigenvalue weighted by Gasteiger charge is 2.24. The molecule has 2 aromatic heterocycles. The summed E-state index contributed by atoms with van der Waals surface area (Å²) in [6.07, 6.45) is 0.0231. The number of hydrogen-bond acceptors (Lipinski definition) is 4. The predicted octanol–water partition coefficient (Wildman–Crippen LogP) is 2.89. The molecule has 0 saturated heterocycles. The number of nitrogens with zero attached hydrogens (tertiary/aromatic N) is 4. The molecule has 130 valence electrons. The molecule has 6 heteroatoms. The normalized spacial score (nSPS) is 11.9. The molecule has 6 nitrogen and oxygen atoms in total. The van der Waals surface area contributed by atoms with Crippen molar-refractivity contribution in [3.8, 4) is 11.4 Å². The van der Waals surface area contributed by atoms with Crippen LogP contribution in [-0.2, 0) is 16.8 Å². The Morgan fingerprint density at radius 2 is 1.88 bits per heavy atom. The first-order valence-electron chi connectivity index (χ1n) is 8.28. The number of pyridine rings is 1. The fourth-order valence-corrected chi connectivity index (χ4v) is 2.85. The molecule has 3 rings (SSSR count). The monoisotopic (exact) mass is 337 g/mol. The van der Waals surface area contributed by atoms with Crippen LogP contribution in [0.3, 0.4) is 0 Å². The maximum Gasteiger partial charge on any atom is 0.225 e. The molecule has 0 fully saturated rings. The van der Waals surface area contributed by atoms with Gasteiger partial charge in [0.2, 0.25) is 5.91 Å². The van der Waals surface area contributed by atoms with Gasteiger partial charge in [-0.2, -0.15) is 5.10 Å². The Kier molecular flexibility index (Phi) is 4.06. The lowest BCUT2D eigenvalue weighted by Crippen LogP contribution is -2.25. The van der Waals surface area contributed by atoms with Gasteiger partial charge in [0.05, 0.1) is 17.5 Å². The highest BCUT2D eigenvalue weighted by molar-refractivity contribution is 5.84. The molecule has 2 N–H and O–H groups in total. The number of fused-ring (bicyclic) bond motifs is 1. The van der Waals surface area contributed by atoms with E-state index in [-0.39, 0.29) is 12.0 Å². The number of nitrogens with two attached hydrogens (primary N) is 1. The minimum Gasteiger partial charge on any atom is -0.369 e. The van der Waals surface area contributed by atoms with Crippen LogP contribution < -0.4 is 5.73 Å². The van der Waals surface area contributed by atoms with E-state index in [0.717, 1.165) is 22.2 Å². The van der Waals surface area contributed by atoms with Gasteiger partial charge in [-0.3, -0.25) is 9.78 Å². The average molecular weight is 337 g/mol. The summed E-state index contributed by atoms with van der Waals surface area (Å²) >= 11 is 0. The van der Waals surface area contributed by atoms with Crippen LogP contribution in [0.1, 0.15) is 37.9 Å². The number of aryl methyl sites for hydroxylation is 2. The van der Waals surface area contributed by atoms with Gasteiger partial charge in [0.1, 0.15) is 0 Å². The molecule has 1 aromatic carbocycles. The van der Waals surface area contributed by atoms with Gasteiger partial charge in [0, 0.05) is 16.6 Å². The Bertz CT molecular complexity index is 966. The summed E-state index contributed by atoms with van der Waals surface area (Å²) in [4.78, 5) is 20.6. The maximum atomic E-state index is 11.3. The van der Waals surface area contributed by atoms with E-state index in [4.69, 9.17) is 10.7 Å². The van der Waals surface area contributed by atoms with E-state index in [1.165, 1.54) is 5.56 Å². The second-order valence-electron chi connectivity index (χ2n) is 7.39. The van der Waals surface area contributed by atoms with Crippen LogP contribution in [0.25, 0.3) is 22.3 Å². The van der Waals surface area contributed by atoms with E-state index in [9.17, 15) is 4.79 Å². The molecular formula is C19H23N5O. The molecular weight excluding hydrogens is 314 g/mol. The van der Waals surface area contributed by atoms with Crippen LogP contribution in [0.4, 0.5) is 0 Å². The molecule has 0 saturated carbocycles. The Hall–Kier alpha value is -2.76. The second kappa shape index (κ2) is 5.95. The highest BCUT2D eigenvalue weighted by Crippen LogP contribution is 2.29. The summed E-state index contributed by atoms with van der Waals surface area (Å²) in [6, 6.07) is 8.27. The van der Waals surface area contributed by atoms with Crippen LogP contribution in [0, 0.1) is 13.8 Å². The van der Waals surface area contributed by atoms with Crippen LogP contribution in [-0.4, -0.2) is 25.7 Å². The first kappa shape index (κ1) is 17.1. The molecule has 0 aliphatic carbocycles. The number of aromatic nitrogens is 4. The zero-order chi connectivity index (χ0) is 18.4. The van der Waals surface area contributed by atoms with Gasteiger partial charge in [0.15, 0.2) is 11.6 Å². The van der Waals surface area contributed by atoms with Crippen molar-refractivity contribution in [3.63, 3.8) is 0 Å². The molecule has 0 spiro atoms. The van der Waals surface area contributed by atoms with Crippen molar-refractivity contribution in [2.75, 3.05) is 0 Å².